The van der Waals surface area contributed by atoms with Gasteiger partial charge in [-0.15, -0.1) is 0 Å². The number of aryl methyl sites for hydroxylation is 1. The number of halogens is 1. The van der Waals surface area contributed by atoms with Crippen LogP contribution < -0.4 is 4.74 Å². The molecule has 0 aliphatic carbocycles. The molecular formula is C24H30BrNO. The van der Waals surface area contributed by atoms with Crippen molar-refractivity contribution in [3.8, 4) is 5.75 Å². The van der Waals surface area contributed by atoms with Gasteiger partial charge < -0.3 is 9.72 Å². The van der Waals surface area contributed by atoms with Gasteiger partial charge in [-0.2, -0.15) is 0 Å². The lowest BCUT2D eigenvalue weighted by Gasteiger charge is -2.33. The van der Waals surface area contributed by atoms with Crippen LogP contribution in [0.15, 0.2) is 47.1 Å². The lowest BCUT2D eigenvalue weighted by atomic mass is 9.70. The first-order valence-corrected chi connectivity index (χ1v) is 10.9. The van der Waals surface area contributed by atoms with E-state index in [1.807, 2.05) is 0 Å². The van der Waals surface area contributed by atoms with Gasteiger partial charge in [0.05, 0.1) is 6.61 Å². The van der Waals surface area contributed by atoms with Crippen molar-refractivity contribution in [2.75, 3.05) is 6.61 Å². The topological polar surface area (TPSA) is 25.0 Å². The number of rotatable bonds is 8. The van der Waals surface area contributed by atoms with E-state index in [1.54, 1.807) is 0 Å². The van der Waals surface area contributed by atoms with E-state index in [0.29, 0.717) is 0 Å². The summed E-state index contributed by atoms with van der Waals surface area (Å²) in [6.07, 6.45) is 6.57. The molecule has 1 N–H and O–H groups in total. The molecule has 0 unspecified atom stereocenters. The second-order valence-corrected chi connectivity index (χ2v) is 8.28. The van der Waals surface area contributed by atoms with Crippen molar-refractivity contribution in [3.05, 3.63) is 63.8 Å². The number of unbranched alkanes of at least 4 members (excludes halogenated alkanes) is 1. The van der Waals surface area contributed by atoms with Crippen LogP contribution in [0.1, 0.15) is 63.1 Å². The summed E-state index contributed by atoms with van der Waals surface area (Å²) in [7, 11) is 0. The molecule has 0 bridgehead atoms. The van der Waals surface area contributed by atoms with E-state index < -0.39 is 0 Å². The van der Waals surface area contributed by atoms with E-state index in [4.69, 9.17) is 4.74 Å². The predicted octanol–water partition coefficient (Wildman–Crippen LogP) is 7.52. The van der Waals surface area contributed by atoms with Crippen LogP contribution in [0.2, 0.25) is 0 Å². The molecule has 27 heavy (non-hydrogen) atoms. The van der Waals surface area contributed by atoms with Gasteiger partial charge in [-0.05, 0) is 61.1 Å². The number of aromatic amines is 1. The second kappa shape index (κ2) is 8.52. The highest BCUT2D eigenvalue weighted by Gasteiger charge is 2.33. The molecule has 1 aromatic heterocycles. The molecule has 0 fully saturated rings. The highest BCUT2D eigenvalue weighted by molar-refractivity contribution is 9.10. The Balaban J connectivity index is 2.05. The van der Waals surface area contributed by atoms with Gasteiger partial charge in [-0.1, -0.05) is 61.3 Å². The summed E-state index contributed by atoms with van der Waals surface area (Å²) in [4.78, 5) is 3.48. The van der Waals surface area contributed by atoms with E-state index in [9.17, 15) is 0 Å². The molecule has 0 saturated heterocycles. The summed E-state index contributed by atoms with van der Waals surface area (Å²) in [6.45, 7) is 9.73. The molecule has 0 saturated carbocycles. The molecule has 3 aromatic rings. The standard InChI is InChI=1S/C24H30BrNO/c1-5-8-13-27-23-12-9-18(14-17(23)4)24(6-2,7-3)21-16-26-22-15-19(25)10-11-20(21)22/h9-12,14-16,26H,5-8,13H2,1-4H3. The number of fused-ring (bicyclic) bond motifs is 1. The largest absolute Gasteiger partial charge is 0.493 e. The normalized spacial score (nSPS) is 11.9. The van der Waals surface area contributed by atoms with Crippen molar-refractivity contribution in [1.82, 2.24) is 4.98 Å². The molecule has 0 aliphatic rings. The lowest BCUT2D eigenvalue weighted by molar-refractivity contribution is 0.307. The maximum atomic E-state index is 5.97. The maximum absolute atomic E-state index is 5.97. The Kier molecular flexibility index (Phi) is 6.31. The minimum atomic E-state index is -0.00120. The van der Waals surface area contributed by atoms with Gasteiger partial charge in [0.2, 0.25) is 0 Å². The van der Waals surface area contributed by atoms with Crippen LogP contribution in [0.3, 0.4) is 0 Å². The van der Waals surface area contributed by atoms with Gasteiger partial charge in [0, 0.05) is 27.0 Å². The molecule has 2 aromatic carbocycles. The highest BCUT2D eigenvalue weighted by atomic mass is 79.9. The molecule has 0 atom stereocenters. The molecular weight excluding hydrogens is 398 g/mol. The summed E-state index contributed by atoms with van der Waals surface area (Å²) < 4.78 is 7.08. The predicted molar refractivity (Wildman–Crippen MR) is 119 cm³/mol. The van der Waals surface area contributed by atoms with Crippen molar-refractivity contribution in [3.63, 3.8) is 0 Å². The van der Waals surface area contributed by atoms with Crippen LogP contribution in [0, 0.1) is 6.92 Å². The summed E-state index contributed by atoms with van der Waals surface area (Å²) in [5, 5.41) is 1.31. The quantitative estimate of drug-likeness (QED) is 0.369. The first-order valence-electron chi connectivity index (χ1n) is 10.1. The van der Waals surface area contributed by atoms with Gasteiger partial charge in [0.1, 0.15) is 5.75 Å². The molecule has 144 valence electrons. The fourth-order valence-electron chi connectivity index (χ4n) is 4.12. The molecule has 2 nitrogen and oxygen atoms in total. The number of nitrogens with one attached hydrogen (secondary N) is 1. The summed E-state index contributed by atoms with van der Waals surface area (Å²) >= 11 is 3.58. The zero-order chi connectivity index (χ0) is 19.4. The highest BCUT2D eigenvalue weighted by Crippen LogP contribution is 2.43. The Morgan fingerprint density at radius 3 is 2.48 bits per heavy atom. The van der Waals surface area contributed by atoms with E-state index >= 15 is 0 Å². The van der Waals surface area contributed by atoms with Crippen molar-refractivity contribution >= 4 is 26.8 Å². The minimum absolute atomic E-state index is 0.00120. The molecule has 0 radical (unpaired) electrons. The number of benzene rings is 2. The second-order valence-electron chi connectivity index (χ2n) is 7.36. The third-order valence-electron chi connectivity index (χ3n) is 5.85. The van der Waals surface area contributed by atoms with Gasteiger partial charge >= 0.3 is 0 Å². The van der Waals surface area contributed by atoms with E-state index in [2.05, 4.69) is 91.2 Å². The molecule has 0 amide bonds. The van der Waals surface area contributed by atoms with Gasteiger partial charge in [-0.3, -0.25) is 0 Å². The van der Waals surface area contributed by atoms with Crippen LogP contribution in [-0.4, -0.2) is 11.6 Å². The van der Waals surface area contributed by atoms with Crippen molar-refractivity contribution < 1.29 is 4.74 Å². The van der Waals surface area contributed by atoms with E-state index in [-0.39, 0.29) is 5.41 Å². The first-order chi connectivity index (χ1) is 13.1. The third-order valence-corrected chi connectivity index (χ3v) is 6.34. The van der Waals surface area contributed by atoms with Crippen molar-refractivity contribution in [2.45, 2.75) is 58.8 Å². The lowest BCUT2D eigenvalue weighted by Crippen LogP contribution is -2.26. The smallest absolute Gasteiger partial charge is 0.122 e. The Morgan fingerprint density at radius 1 is 1.04 bits per heavy atom. The zero-order valence-corrected chi connectivity index (χ0v) is 18.4. The molecule has 0 spiro atoms. The molecule has 1 heterocycles. The Morgan fingerprint density at radius 2 is 1.81 bits per heavy atom. The van der Waals surface area contributed by atoms with Crippen LogP contribution in [0.4, 0.5) is 0 Å². The fourth-order valence-corrected chi connectivity index (χ4v) is 4.49. The van der Waals surface area contributed by atoms with E-state index in [0.717, 1.165) is 42.5 Å². The van der Waals surface area contributed by atoms with Crippen LogP contribution in [0.25, 0.3) is 10.9 Å². The Bertz CT molecular complexity index is 908. The average Bonchev–Trinajstić information content (AvgIpc) is 3.08. The molecule has 3 heteroatoms. The van der Waals surface area contributed by atoms with Crippen LogP contribution >= 0.6 is 15.9 Å². The number of ether oxygens (including phenoxy) is 1. The molecule has 3 rings (SSSR count). The summed E-state index contributed by atoms with van der Waals surface area (Å²) in [5.74, 6) is 1.01. The van der Waals surface area contributed by atoms with Gasteiger partial charge in [-0.25, -0.2) is 0 Å². The third kappa shape index (κ3) is 3.80. The number of H-pyrrole nitrogens is 1. The van der Waals surface area contributed by atoms with Crippen molar-refractivity contribution in [1.29, 1.82) is 0 Å². The summed E-state index contributed by atoms with van der Waals surface area (Å²) in [6, 6.07) is 13.3. The fraction of sp³-hybridized carbons (Fsp3) is 0.417. The Labute approximate surface area is 171 Å². The first kappa shape index (κ1) is 20.0. The number of aromatic nitrogens is 1. The average molecular weight is 428 g/mol. The van der Waals surface area contributed by atoms with E-state index in [1.165, 1.54) is 27.6 Å². The summed E-state index contributed by atoms with van der Waals surface area (Å²) in [5.41, 5.74) is 5.16. The Hall–Kier alpha value is -1.74. The monoisotopic (exact) mass is 427 g/mol. The van der Waals surface area contributed by atoms with Crippen LogP contribution in [-0.2, 0) is 5.41 Å². The van der Waals surface area contributed by atoms with Crippen molar-refractivity contribution in [2.24, 2.45) is 0 Å². The number of hydrogen-bond acceptors (Lipinski definition) is 1. The maximum Gasteiger partial charge on any atom is 0.122 e. The zero-order valence-electron chi connectivity index (χ0n) is 16.9. The SMILES string of the molecule is CCCCOc1ccc(C(CC)(CC)c2c[nH]c3cc(Br)ccc23)cc1C. The molecule has 0 aliphatic heterocycles. The van der Waals surface area contributed by atoms with Crippen LogP contribution in [0.5, 0.6) is 5.75 Å². The van der Waals surface area contributed by atoms with Gasteiger partial charge in [0.15, 0.2) is 0 Å². The minimum Gasteiger partial charge on any atom is -0.493 e. The number of hydrogen-bond donors (Lipinski definition) is 1. The van der Waals surface area contributed by atoms with Gasteiger partial charge in [0.25, 0.3) is 0 Å².